The Morgan fingerprint density at radius 3 is 2.57 bits per heavy atom. The minimum atomic E-state index is -2.22. The number of carbonyl (C=O) groups is 2. The van der Waals surface area contributed by atoms with Crippen molar-refractivity contribution < 1.29 is 19.4 Å². The number of halogens is 1. The van der Waals surface area contributed by atoms with Gasteiger partial charge in [-0.15, -0.1) is 0 Å². The molecule has 2 aromatic rings. The lowest BCUT2D eigenvalue weighted by Gasteiger charge is -2.43. The molecule has 0 saturated carbocycles. The Labute approximate surface area is 171 Å². The van der Waals surface area contributed by atoms with Crippen molar-refractivity contribution in [3.63, 3.8) is 0 Å². The van der Waals surface area contributed by atoms with Crippen molar-refractivity contribution in [2.45, 2.75) is 32.5 Å². The minimum Gasteiger partial charge on any atom is -0.494 e. The average Bonchev–Trinajstić information content (AvgIpc) is 2.63. The van der Waals surface area contributed by atoms with E-state index in [1.165, 1.54) is 0 Å². The van der Waals surface area contributed by atoms with E-state index < -0.39 is 17.7 Å². The number of urea groups is 1. The van der Waals surface area contributed by atoms with Crippen LogP contribution in [0.5, 0.6) is 5.75 Å². The maximum atomic E-state index is 13.1. The predicted octanol–water partition coefficient (Wildman–Crippen LogP) is 3.57. The fourth-order valence-electron chi connectivity index (χ4n) is 3.10. The van der Waals surface area contributed by atoms with Crippen molar-refractivity contribution in [1.29, 1.82) is 0 Å². The molecule has 0 unspecified atom stereocenters. The fraction of sp³-hybridized carbons (Fsp3) is 0.300. The summed E-state index contributed by atoms with van der Waals surface area (Å²) in [6, 6.07) is 10.8. The summed E-state index contributed by atoms with van der Waals surface area (Å²) < 4.78 is 6.10. The van der Waals surface area contributed by atoms with Gasteiger partial charge in [-0.1, -0.05) is 15.9 Å². The summed E-state index contributed by atoms with van der Waals surface area (Å²) in [7, 11) is 0. The third-order valence-electron chi connectivity index (χ3n) is 4.27. The van der Waals surface area contributed by atoms with Crippen molar-refractivity contribution in [3.05, 3.63) is 52.5 Å². The number of carbonyl (C=O) groups excluding carboxylic acids is 2. The molecule has 0 radical (unpaired) electrons. The summed E-state index contributed by atoms with van der Waals surface area (Å²) in [5.74, 6) is -0.0624. The molecule has 7 nitrogen and oxygen atoms in total. The lowest BCUT2D eigenvalue weighted by Crippen LogP contribution is -2.63. The molecular weight excluding hydrogens is 426 g/mol. The normalized spacial score (nSPS) is 18.5. The molecule has 1 atom stereocenters. The van der Waals surface area contributed by atoms with Crippen LogP contribution in [0.3, 0.4) is 0 Å². The van der Waals surface area contributed by atoms with Gasteiger partial charge in [0.25, 0.3) is 11.6 Å². The molecule has 0 aromatic heterocycles. The van der Waals surface area contributed by atoms with Crippen LogP contribution in [0, 0.1) is 0 Å². The number of fused-ring (bicyclic) bond motifs is 1. The molecule has 2 aromatic carbocycles. The highest BCUT2D eigenvalue weighted by molar-refractivity contribution is 9.10. The van der Waals surface area contributed by atoms with Gasteiger partial charge in [-0.25, -0.2) is 4.79 Å². The van der Waals surface area contributed by atoms with Crippen LogP contribution in [0.1, 0.15) is 26.3 Å². The number of amides is 3. The van der Waals surface area contributed by atoms with Crippen LogP contribution >= 0.6 is 15.9 Å². The summed E-state index contributed by atoms with van der Waals surface area (Å²) in [6.07, 6.45) is 0. The van der Waals surface area contributed by atoms with Crippen LogP contribution in [-0.4, -0.2) is 29.7 Å². The molecule has 1 aliphatic heterocycles. The number of hydrogen-bond acceptors (Lipinski definition) is 4. The van der Waals surface area contributed by atoms with E-state index in [1.54, 1.807) is 56.3 Å². The van der Waals surface area contributed by atoms with E-state index in [0.29, 0.717) is 28.2 Å². The Hall–Kier alpha value is -2.58. The zero-order valence-corrected chi connectivity index (χ0v) is 17.4. The fourth-order valence-corrected chi connectivity index (χ4v) is 3.46. The smallest absolute Gasteiger partial charge is 0.329 e. The second kappa shape index (κ2) is 7.81. The predicted molar refractivity (Wildman–Crippen MR) is 110 cm³/mol. The second-order valence-corrected chi connectivity index (χ2v) is 7.60. The van der Waals surface area contributed by atoms with Gasteiger partial charge in [-0.2, -0.15) is 0 Å². The van der Waals surface area contributed by atoms with Crippen LogP contribution in [0.2, 0.25) is 0 Å². The summed E-state index contributed by atoms with van der Waals surface area (Å²) in [6.45, 7) is 5.95. The van der Waals surface area contributed by atoms with Crippen molar-refractivity contribution in [2.75, 3.05) is 16.8 Å². The Morgan fingerprint density at radius 1 is 1.29 bits per heavy atom. The number of benzene rings is 2. The van der Waals surface area contributed by atoms with Gasteiger partial charge >= 0.3 is 6.03 Å². The van der Waals surface area contributed by atoms with Crippen molar-refractivity contribution >= 4 is 39.2 Å². The van der Waals surface area contributed by atoms with Crippen molar-refractivity contribution in [3.8, 4) is 5.75 Å². The summed E-state index contributed by atoms with van der Waals surface area (Å²) in [4.78, 5) is 27.0. The molecule has 1 heterocycles. The highest BCUT2D eigenvalue weighted by Crippen LogP contribution is 2.41. The number of aliphatic hydroxyl groups is 1. The second-order valence-electron chi connectivity index (χ2n) is 6.68. The number of ether oxygens (including phenoxy) is 1. The summed E-state index contributed by atoms with van der Waals surface area (Å²) >= 11 is 3.37. The number of anilines is 2. The van der Waals surface area contributed by atoms with Gasteiger partial charge in [0.15, 0.2) is 0 Å². The maximum absolute atomic E-state index is 13.1. The Balaban J connectivity index is 2.15. The van der Waals surface area contributed by atoms with E-state index in [9.17, 15) is 14.7 Å². The van der Waals surface area contributed by atoms with Gasteiger partial charge in [0.05, 0.1) is 12.3 Å². The van der Waals surface area contributed by atoms with Crippen LogP contribution in [-0.2, 0) is 10.5 Å². The monoisotopic (exact) mass is 447 g/mol. The van der Waals surface area contributed by atoms with Crippen molar-refractivity contribution in [2.24, 2.45) is 0 Å². The standard InChI is InChI=1S/C20H22BrN3O4/c1-4-28-15-8-6-14(7-9-15)24-19(26)23-17-10-5-13(21)11-16(17)20(24,27)18(25)22-12(2)3/h5-12,27H,4H2,1-3H3,(H,22,25)(H,23,26)/t20-/m0/s1. The molecule has 0 bridgehead atoms. The van der Waals surface area contributed by atoms with Crippen LogP contribution in [0.15, 0.2) is 46.9 Å². The first-order valence-corrected chi connectivity index (χ1v) is 9.74. The molecule has 8 heteroatoms. The van der Waals surface area contributed by atoms with Crippen LogP contribution < -0.4 is 20.3 Å². The van der Waals surface area contributed by atoms with Gasteiger partial charge in [0.2, 0.25) is 0 Å². The van der Waals surface area contributed by atoms with E-state index in [-0.39, 0.29) is 11.6 Å². The molecule has 0 spiro atoms. The highest BCUT2D eigenvalue weighted by atomic mass is 79.9. The zero-order valence-electron chi connectivity index (χ0n) is 15.8. The Morgan fingerprint density at radius 2 is 1.96 bits per heavy atom. The molecule has 0 aliphatic carbocycles. The van der Waals surface area contributed by atoms with E-state index in [2.05, 4.69) is 26.6 Å². The third-order valence-corrected chi connectivity index (χ3v) is 4.76. The number of hydrogen-bond donors (Lipinski definition) is 3. The van der Waals surface area contributed by atoms with Crippen molar-refractivity contribution in [1.82, 2.24) is 5.32 Å². The summed E-state index contributed by atoms with van der Waals surface area (Å²) in [5, 5.41) is 17.1. The quantitative estimate of drug-likeness (QED) is 0.653. The van der Waals surface area contributed by atoms with E-state index in [1.807, 2.05) is 6.92 Å². The molecule has 28 heavy (non-hydrogen) atoms. The largest absolute Gasteiger partial charge is 0.494 e. The third kappa shape index (κ3) is 3.57. The molecule has 3 N–H and O–H groups in total. The van der Waals surface area contributed by atoms with Gasteiger partial charge in [0.1, 0.15) is 5.75 Å². The molecule has 1 aliphatic rings. The van der Waals surface area contributed by atoms with E-state index in [4.69, 9.17) is 4.74 Å². The number of nitrogens with one attached hydrogen (secondary N) is 2. The van der Waals surface area contributed by atoms with Gasteiger partial charge in [-0.05, 0) is 63.2 Å². The Bertz CT molecular complexity index is 901. The first kappa shape index (κ1) is 20.2. The van der Waals surface area contributed by atoms with Gasteiger partial charge in [0, 0.05) is 21.8 Å². The van der Waals surface area contributed by atoms with E-state index >= 15 is 0 Å². The molecule has 148 valence electrons. The lowest BCUT2D eigenvalue weighted by atomic mass is 9.94. The van der Waals surface area contributed by atoms with Gasteiger partial charge < -0.3 is 20.5 Å². The lowest BCUT2D eigenvalue weighted by molar-refractivity contribution is -0.140. The van der Waals surface area contributed by atoms with Crippen LogP contribution in [0.4, 0.5) is 16.2 Å². The Kier molecular flexibility index (Phi) is 5.62. The average molecular weight is 448 g/mol. The zero-order chi connectivity index (χ0) is 20.5. The first-order chi connectivity index (χ1) is 13.3. The number of rotatable bonds is 5. The number of nitrogens with zero attached hydrogens (tertiary/aromatic N) is 1. The topological polar surface area (TPSA) is 90.9 Å². The molecule has 0 saturated heterocycles. The van der Waals surface area contributed by atoms with Crippen LogP contribution in [0.25, 0.3) is 0 Å². The first-order valence-electron chi connectivity index (χ1n) is 8.94. The summed E-state index contributed by atoms with van der Waals surface area (Å²) in [5.41, 5.74) is -1.22. The van der Waals surface area contributed by atoms with E-state index in [0.717, 1.165) is 4.90 Å². The molecule has 3 amide bonds. The van der Waals surface area contributed by atoms with Gasteiger partial charge in [-0.3, -0.25) is 9.69 Å². The molecular formula is C20H22BrN3O4. The maximum Gasteiger partial charge on any atom is 0.329 e. The molecule has 0 fully saturated rings. The minimum absolute atomic E-state index is 0.223. The SMILES string of the molecule is CCOc1ccc(N2C(=O)Nc3ccc(Br)cc3[C@]2(O)C(=O)NC(C)C)cc1. The highest BCUT2D eigenvalue weighted by Gasteiger charge is 2.52. The molecule has 3 rings (SSSR count).